The fraction of sp³-hybridized carbons (Fsp3) is 0.188. The van der Waals surface area contributed by atoms with Crippen molar-refractivity contribution in [3.05, 3.63) is 131 Å². The number of nitrogens with zero attached hydrogens (tertiary/aromatic N) is 2. The Bertz CT molecular complexity index is 1600. The zero-order valence-electron chi connectivity index (χ0n) is 23.0. The van der Waals surface area contributed by atoms with Gasteiger partial charge in [0.25, 0.3) is 10.0 Å². The highest BCUT2D eigenvalue weighted by atomic mass is 35.5. The molecule has 0 saturated heterocycles. The molecule has 0 aliphatic rings. The lowest BCUT2D eigenvalue weighted by molar-refractivity contribution is -0.140. The standard InChI is InChI=1S/C32H31ClFN3O4S/c1-2-35-32(39)30(21-24-11-5-3-6-12-24)36(22-25-13-9-10-16-29(25)33)31(38)23-37(27-19-17-26(34)18-20-27)42(40,41)28-14-7-4-8-15-28/h3-20,30H,2,21-23H2,1H3,(H,35,39)/t30-/m0/s1. The maximum atomic E-state index is 14.3. The normalized spacial score (nSPS) is 11.9. The van der Waals surface area contributed by atoms with Crippen molar-refractivity contribution in [3.8, 4) is 0 Å². The van der Waals surface area contributed by atoms with E-state index in [-0.39, 0.29) is 29.5 Å². The molecule has 0 bridgehead atoms. The van der Waals surface area contributed by atoms with Gasteiger partial charge in [-0.3, -0.25) is 13.9 Å². The maximum Gasteiger partial charge on any atom is 0.264 e. The summed E-state index contributed by atoms with van der Waals surface area (Å²) in [4.78, 5) is 29.0. The molecule has 7 nitrogen and oxygen atoms in total. The van der Waals surface area contributed by atoms with Crippen molar-refractivity contribution in [2.75, 3.05) is 17.4 Å². The number of benzene rings is 4. The Hall–Kier alpha value is -4.21. The predicted octanol–water partition coefficient (Wildman–Crippen LogP) is 5.45. The molecule has 0 radical (unpaired) electrons. The van der Waals surface area contributed by atoms with Crippen LogP contribution < -0.4 is 9.62 Å². The molecular weight excluding hydrogens is 577 g/mol. The van der Waals surface area contributed by atoms with E-state index in [1.165, 1.54) is 29.2 Å². The molecule has 4 aromatic carbocycles. The molecule has 0 unspecified atom stereocenters. The minimum atomic E-state index is -4.25. The Morgan fingerprint density at radius 3 is 2.07 bits per heavy atom. The van der Waals surface area contributed by atoms with Crippen LogP contribution in [0.2, 0.25) is 5.02 Å². The van der Waals surface area contributed by atoms with E-state index in [0.29, 0.717) is 17.1 Å². The van der Waals surface area contributed by atoms with Gasteiger partial charge in [-0.1, -0.05) is 78.3 Å². The van der Waals surface area contributed by atoms with E-state index in [2.05, 4.69) is 5.32 Å². The Balaban J connectivity index is 1.79. The van der Waals surface area contributed by atoms with Gasteiger partial charge < -0.3 is 10.2 Å². The summed E-state index contributed by atoms with van der Waals surface area (Å²) in [5.74, 6) is -1.58. The highest BCUT2D eigenvalue weighted by molar-refractivity contribution is 7.92. The molecular formula is C32H31ClFN3O4S. The summed E-state index contributed by atoms with van der Waals surface area (Å²) < 4.78 is 42.4. The Labute approximate surface area is 250 Å². The molecule has 0 fully saturated rings. The molecule has 0 spiro atoms. The smallest absolute Gasteiger partial charge is 0.264 e. The molecule has 2 amide bonds. The van der Waals surface area contributed by atoms with Gasteiger partial charge in [-0.2, -0.15) is 0 Å². The van der Waals surface area contributed by atoms with Crippen LogP contribution in [0, 0.1) is 5.82 Å². The summed E-state index contributed by atoms with van der Waals surface area (Å²) in [6.07, 6.45) is 0.185. The van der Waals surface area contributed by atoms with Crippen LogP contribution in [0.1, 0.15) is 18.1 Å². The molecule has 0 aliphatic heterocycles. The second-order valence-electron chi connectivity index (χ2n) is 9.51. The summed E-state index contributed by atoms with van der Waals surface area (Å²) in [6.45, 7) is 1.43. The number of carbonyl (C=O) groups is 2. The highest BCUT2D eigenvalue weighted by Crippen LogP contribution is 2.26. The first-order valence-corrected chi connectivity index (χ1v) is 15.2. The Morgan fingerprint density at radius 2 is 1.45 bits per heavy atom. The molecule has 4 rings (SSSR count). The molecule has 0 aromatic heterocycles. The molecule has 0 aliphatic carbocycles. The van der Waals surface area contributed by atoms with Crippen molar-refractivity contribution >= 4 is 39.1 Å². The summed E-state index contributed by atoms with van der Waals surface area (Å²) in [5.41, 5.74) is 1.51. The fourth-order valence-corrected chi connectivity index (χ4v) is 6.14. The van der Waals surface area contributed by atoms with Gasteiger partial charge in [-0.15, -0.1) is 0 Å². The zero-order chi connectivity index (χ0) is 30.1. The molecule has 218 valence electrons. The van der Waals surface area contributed by atoms with E-state index in [1.807, 2.05) is 30.3 Å². The maximum absolute atomic E-state index is 14.3. The number of sulfonamides is 1. The average molecular weight is 608 g/mol. The van der Waals surface area contributed by atoms with Crippen LogP contribution in [0.3, 0.4) is 0 Å². The molecule has 1 N–H and O–H groups in total. The van der Waals surface area contributed by atoms with Crippen molar-refractivity contribution in [2.24, 2.45) is 0 Å². The van der Waals surface area contributed by atoms with Crippen molar-refractivity contribution in [3.63, 3.8) is 0 Å². The minimum absolute atomic E-state index is 0.0376. The third-order valence-corrected chi connectivity index (χ3v) is 8.80. The summed E-state index contributed by atoms with van der Waals surface area (Å²) >= 11 is 6.47. The van der Waals surface area contributed by atoms with Gasteiger partial charge in [0.15, 0.2) is 0 Å². The highest BCUT2D eigenvalue weighted by Gasteiger charge is 2.34. The van der Waals surface area contributed by atoms with Crippen LogP contribution in [0.25, 0.3) is 0 Å². The SMILES string of the molecule is CCNC(=O)[C@H](Cc1ccccc1)N(Cc1ccccc1Cl)C(=O)CN(c1ccc(F)cc1)S(=O)(=O)c1ccccc1. The Kier molecular flexibility index (Phi) is 10.3. The van der Waals surface area contributed by atoms with Crippen LogP contribution >= 0.6 is 11.6 Å². The van der Waals surface area contributed by atoms with Crippen molar-refractivity contribution in [1.82, 2.24) is 10.2 Å². The van der Waals surface area contributed by atoms with Gasteiger partial charge in [-0.05, 0) is 60.5 Å². The molecule has 0 saturated carbocycles. The zero-order valence-corrected chi connectivity index (χ0v) is 24.6. The monoisotopic (exact) mass is 607 g/mol. The number of hydrogen-bond acceptors (Lipinski definition) is 4. The quantitative estimate of drug-likeness (QED) is 0.232. The Morgan fingerprint density at radius 1 is 0.857 bits per heavy atom. The van der Waals surface area contributed by atoms with Crippen molar-refractivity contribution < 1.29 is 22.4 Å². The van der Waals surface area contributed by atoms with Crippen molar-refractivity contribution in [1.29, 1.82) is 0 Å². The van der Waals surface area contributed by atoms with E-state index in [9.17, 15) is 22.4 Å². The number of likely N-dealkylation sites (N-methyl/N-ethyl adjacent to an activating group) is 1. The number of nitrogens with one attached hydrogen (secondary N) is 1. The lowest BCUT2D eigenvalue weighted by atomic mass is 10.0. The number of hydrogen-bond donors (Lipinski definition) is 1. The van der Waals surface area contributed by atoms with Crippen molar-refractivity contribution in [2.45, 2.75) is 30.8 Å². The fourth-order valence-electron chi connectivity index (χ4n) is 4.51. The van der Waals surface area contributed by atoms with Crippen LogP contribution in [-0.4, -0.2) is 44.3 Å². The number of rotatable bonds is 12. The second-order valence-corrected chi connectivity index (χ2v) is 11.8. The third kappa shape index (κ3) is 7.54. The third-order valence-electron chi connectivity index (χ3n) is 6.65. The first-order valence-electron chi connectivity index (χ1n) is 13.4. The van der Waals surface area contributed by atoms with E-state index in [0.717, 1.165) is 22.0 Å². The first kappa shape index (κ1) is 30.7. The topological polar surface area (TPSA) is 86.8 Å². The minimum Gasteiger partial charge on any atom is -0.355 e. The number of carbonyl (C=O) groups excluding carboxylic acids is 2. The van der Waals surface area contributed by atoms with Crippen LogP contribution in [0.4, 0.5) is 10.1 Å². The van der Waals surface area contributed by atoms with Gasteiger partial charge in [0.1, 0.15) is 18.4 Å². The van der Waals surface area contributed by atoms with Gasteiger partial charge >= 0.3 is 0 Å². The molecule has 10 heteroatoms. The molecule has 4 aromatic rings. The van der Waals surface area contributed by atoms with Gasteiger partial charge in [-0.25, -0.2) is 12.8 Å². The van der Waals surface area contributed by atoms with E-state index < -0.39 is 34.3 Å². The number of anilines is 1. The second kappa shape index (κ2) is 14.1. The van der Waals surface area contributed by atoms with E-state index >= 15 is 0 Å². The number of amides is 2. The molecule has 1 atom stereocenters. The van der Waals surface area contributed by atoms with Gasteiger partial charge in [0.05, 0.1) is 10.6 Å². The summed E-state index contributed by atoms with van der Waals surface area (Å²) in [6, 6.07) is 27.7. The predicted molar refractivity (Wildman–Crippen MR) is 162 cm³/mol. The summed E-state index contributed by atoms with van der Waals surface area (Å²) in [5, 5.41) is 3.21. The van der Waals surface area contributed by atoms with Gasteiger partial charge in [0.2, 0.25) is 11.8 Å². The molecule has 42 heavy (non-hydrogen) atoms. The van der Waals surface area contributed by atoms with E-state index in [1.54, 1.807) is 49.4 Å². The van der Waals surface area contributed by atoms with E-state index in [4.69, 9.17) is 11.6 Å². The van der Waals surface area contributed by atoms with Gasteiger partial charge in [0, 0.05) is 24.5 Å². The van der Waals surface area contributed by atoms with Crippen LogP contribution in [-0.2, 0) is 32.6 Å². The first-order chi connectivity index (χ1) is 20.2. The average Bonchev–Trinajstić information content (AvgIpc) is 3.00. The van der Waals surface area contributed by atoms with Crippen LogP contribution in [0.15, 0.2) is 114 Å². The number of halogens is 2. The lowest BCUT2D eigenvalue weighted by Crippen LogP contribution is -2.53. The largest absolute Gasteiger partial charge is 0.355 e. The molecule has 0 heterocycles. The van der Waals surface area contributed by atoms with Crippen LogP contribution in [0.5, 0.6) is 0 Å². The lowest BCUT2D eigenvalue weighted by Gasteiger charge is -2.34. The summed E-state index contributed by atoms with van der Waals surface area (Å²) in [7, 11) is -4.25.